The molecule has 0 fully saturated rings. The molecule has 0 bridgehead atoms. The maximum Gasteiger partial charge on any atom is 0.225 e. The minimum Gasteiger partial charge on any atom is -0.326 e. The maximum absolute atomic E-state index is 12.0. The van der Waals surface area contributed by atoms with Crippen molar-refractivity contribution < 1.29 is 4.79 Å². The summed E-state index contributed by atoms with van der Waals surface area (Å²) in [5.41, 5.74) is 3.28. The van der Waals surface area contributed by atoms with E-state index in [1.165, 1.54) is 5.56 Å². The molecule has 0 spiro atoms. The van der Waals surface area contributed by atoms with Crippen LogP contribution in [0.25, 0.3) is 0 Å². The molecule has 2 rings (SSSR count). The van der Waals surface area contributed by atoms with Gasteiger partial charge >= 0.3 is 0 Å². The molecule has 2 aromatic rings. The SMILES string of the molecule is CCc1ccccc1NC(=O)CCNCCc1cccc(Cl)c1. The molecule has 1 amide bonds. The van der Waals surface area contributed by atoms with Crippen LogP contribution in [-0.2, 0) is 17.6 Å². The Balaban J connectivity index is 1.67. The fraction of sp³-hybridized carbons (Fsp3) is 0.316. The number of carbonyl (C=O) groups excluding carboxylic acids is 1. The van der Waals surface area contributed by atoms with E-state index in [4.69, 9.17) is 11.6 Å². The Hall–Kier alpha value is -1.84. The van der Waals surface area contributed by atoms with Crippen LogP contribution in [0.1, 0.15) is 24.5 Å². The Morgan fingerprint density at radius 3 is 2.70 bits per heavy atom. The van der Waals surface area contributed by atoms with Crippen LogP contribution in [-0.4, -0.2) is 19.0 Å². The number of hydrogen-bond donors (Lipinski definition) is 2. The summed E-state index contributed by atoms with van der Waals surface area (Å²) in [6, 6.07) is 15.8. The van der Waals surface area contributed by atoms with Crippen LogP contribution in [0.2, 0.25) is 5.02 Å². The first-order chi connectivity index (χ1) is 11.2. The molecule has 122 valence electrons. The smallest absolute Gasteiger partial charge is 0.225 e. The third-order valence-electron chi connectivity index (χ3n) is 3.68. The summed E-state index contributed by atoms with van der Waals surface area (Å²) in [4.78, 5) is 12.0. The molecular weight excluding hydrogens is 308 g/mol. The van der Waals surface area contributed by atoms with Gasteiger partial charge in [0.15, 0.2) is 0 Å². The zero-order chi connectivity index (χ0) is 16.5. The minimum absolute atomic E-state index is 0.0427. The fourth-order valence-corrected chi connectivity index (χ4v) is 2.63. The van der Waals surface area contributed by atoms with Gasteiger partial charge in [0.1, 0.15) is 0 Å². The van der Waals surface area contributed by atoms with E-state index in [-0.39, 0.29) is 5.91 Å². The summed E-state index contributed by atoms with van der Waals surface area (Å²) in [5, 5.41) is 7.04. The summed E-state index contributed by atoms with van der Waals surface area (Å²) in [6.45, 7) is 3.59. The predicted octanol–water partition coefficient (Wildman–Crippen LogP) is 4.06. The number of hydrogen-bond acceptors (Lipinski definition) is 2. The lowest BCUT2D eigenvalue weighted by atomic mass is 10.1. The van der Waals surface area contributed by atoms with Gasteiger partial charge in [-0.2, -0.15) is 0 Å². The molecule has 0 aliphatic rings. The normalized spacial score (nSPS) is 10.5. The van der Waals surface area contributed by atoms with E-state index < -0.39 is 0 Å². The Labute approximate surface area is 143 Å². The van der Waals surface area contributed by atoms with Gasteiger partial charge in [0, 0.05) is 23.7 Å². The van der Waals surface area contributed by atoms with Crippen molar-refractivity contribution in [1.29, 1.82) is 0 Å². The lowest BCUT2D eigenvalue weighted by Crippen LogP contribution is -2.23. The molecule has 3 nitrogen and oxygen atoms in total. The van der Waals surface area contributed by atoms with Crippen molar-refractivity contribution in [2.45, 2.75) is 26.2 Å². The van der Waals surface area contributed by atoms with E-state index in [1.807, 2.05) is 42.5 Å². The zero-order valence-electron chi connectivity index (χ0n) is 13.4. The van der Waals surface area contributed by atoms with Crippen LogP contribution in [0.15, 0.2) is 48.5 Å². The predicted molar refractivity (Wildman–Crippen MR) is 97.1 cm³/mol. The molecule has 0 unspecified atom stereocenters. The highest BCUT2D eigenvalue weighted by molar-refractivity contribution is 6.30. The number of amides is 1. The van der Waals surface area contributed by atoms with E-state index in [9.17, 15) is 4.79 Å². The number of anilines is 1. The summed E-state index contributed by atoms with van der Waals surface area (Å²) < 4.78 is 0. The highest BCUT2D eigenvalue weighted by Gasteiger charge is 2.05. The Bertz CT molecular complexity index is 643. The number of para-hydroxylation sites is 1. The summed E-state index contributed by atoms with van der Waals surface area (Å²) in [7, 11) is 0. The average Bonchev–Trinajstić information content (AvgIpc) is 2.55. The molecule has 0 aliphatic heterocycles. The van der Waals surface area contributed by atoms with Gasteiger partial charge in [-0.15, -0.1) is 0 Å². The first-order valence-electron chi connectivity index (χ1n) is 8.02. The second kappa shape index (κ2) is 9.33. The van der Waals surface area contributed by atoms with E-state index >= 15 is 0 Å². The fourth-order valence-electron chi connectivity index (χ4n) is 2.42. The molecule has 4 heteroatoms. The van der Waals surface area contributed by atoms with Crippen molar-refractivity contribution in [3.8, 4) is 0 Å². The van der Waals surface area contributed by atoms with Gasteiger partial charge < -0.3 is 10.6 Å². The molecule has 0 atom stereocenters. The van der Waals surface area contributed by atoms with Crippen LogP contribution in [0.4, 0.5) is 5.69 Å². The highest BCUT2D eigenvalue weighted by Crippen LogP contribution is 2.15. The van der Waals surface area contributed by atoms with Crippen molar-refractivity contribution in [1.82, 2.24) is 5.32 Å². The number of rotatable bonds is 8. The molecule has 2 aromatic carbocycles. The topological polar surface area (TPSA) is 41.1 Å². The zero-order valence-corrected chi connectivity index (χ0v) is 14.2. The minimum atomic E-state index is 0.0427. The second-order valence-electron chi connectivity index (χ2n) is 5.44. The lowest BCUT2D eigenvalue weighted by molar-refractivity contribution is -0.116. The van der Waals surface area contributed by atoms with E-state index in [0.717, 1.165) is 35.7 Å². The molecule has 0 heterocycles. The van der Waals surface area contributed by atoms with Crippen molar-refractivity contribution >= 4 is 23.2 Å². The molecular formula is C19H23ClN2O. The molecule has 0 radical (unpaired) electrons. The molecule has 0 saturated carbocycles. The Morgan fingerprint density at radius 2 is 1.91 bits per heavy atom. The number of halogens is 1. The van der Waals surface area contributed by atoms with Crippen LogP contribution in [0.3, 0.4) is 0 Å². The van der Waals surface area contributed by atoms with Gasteiger partial charge in [-0.3, -0.25) is 4.79 Å². The average molecular weight is 331 g/mol. The van der Waals surface area contributed by atoms with E-state index in [1.54, 1.807) is 0 Å². The van der Waals surface area contributed by atoms with Gasteiger partial charge in [0.05, 0.1) is 0 Å². The molecule has 0 aromatic heterocycles. The lowest BCUT2D eigenvalue weighted by Gasteiger charge is -2.10. The van der Waals surface area contributed by atoms with Gasteiger partial charge in [0.2, 0.25) is 5.91 Å². The molecule has 0 aliphatic carbocycles. The van der Waals surface area contributed by atoms with Crippen molar-refractivity contribution in [2.75, 3.05) is 18.4 Å². The molecule has 0 saturated heterocycles. The van der Waals surface area contributed by atoms with E-state index in [0.29, 0.717) is 13.0 Å². The third kappa shape index (κ3) is 6.05. The largest absolute Gasteiger partial charge is 0.326 e. The van der Waals surface area contributed by atoms with Crippen LogP contribution >= 0.6 is 11.6 Å². The molecule has 2 N–H and O–H groups in total. The van der Waals surface area contributed by atoms with Gasteiger partial charge in [-0.1, -0.05) is 48.9 Å². The van der Waals surface area contributed by atoms with Crippen LogP contribution < -0.4 is 10.6 Å². The number of benzene rings is 2. The molecule has 23 heavy (non-hydrogen) atoms. The Morgan fingerprint density at radius 1 is 1.09 bits per heavy atom. The third-order valence-corrected chi connectivity index (χ3v) is 3.92. The summed E-state index contributed by atoms with van der Waals surface area (Å²) in [5.74, 6) is 0.0427. The van der Waals surface area contributed by atoms with Crippen LogP contribution in [0, 0.1) is 0 Å². The second-order valence-corrected chi connectivity index (χ2v) is 5.88. The quantitative estimate of drug-likeness (QED) is 0.716. The first kappa shape index (κ1) is 17.5. The Kier molecular flexibility index (Phi) is 7.11. The summed E-state index contributed by atoms with van der Waals surface area (Å²) >= 11 is 5.95. The van der Waals surface area contributed by atoms with Crippen molar-refractivity contribution in [2.24, 2.45) is 0 Å². The van der Waals surface area contributed by atoms with Gasteiger partial charge in [-0.25, -0.2) is 0 Å². The van der Waals surface area contributed by atoms with Crippen molar-refractivity contribution in [3.63, 3.8) is 0 Å². The van der Waals surface area contributed by atoms with Crippen molar-refractivity contribution in [3.05, 3.63) is 64.7 Å². The van der Waals surface area contributed by atoms with Gasteiger partial charge in [0.25, 0.3) is 0 Å². The number of nitrogens with one attached hydrogen (secondary N) is 2. The summed E-state index contributed by atoms with van der Waals surface area (Å²) in [6.07, 6.45) is 2.28. The van der Waals surface area contributed by atoms with Gasteiger partial charge in [-0.05, 0) is 48.7 Å². The monoisotopic (exact) mass is 330 g/mol. The standard InChI is InChI=1S/C19H23ClN2O/c1-2-16-7-3-4-9-18(16)22-19(23)11-13-21-12-10-15-6-5-8-17(20)14-15/h3-9,14,21H,2,10-13H2,1H3,(H,22,23). The maximum atomic E-state index is 12.0. The number of aryl methyl sites for hydroxylation is 1. The first-order valence-corrected chi connectivity index (χ1v) is 8.39. The van der Waals surface area contributed by atoms with Crippen LogP contribution in [0.5, 0.6) is 0 Å². The highest BCUT2D eigenvalue weighted by atomic mass is 35.5. The van der Waals surface area contributed by atoms with E-state index in [2.05, 4.69) is 23.6 Å². The number of carbonyl (C=O) groups is 1.